The SMILES string of the molecule is O=C(CC(CCN1CCCC(F)(F)C1)NC(=O)c1cc(-c2ccccc2C(F)(F)F)n(-c2ccccn2)n1)NC1CCC1. The van der Waals surface area contributed by atoms with Crippen LogP contribution in [0.4, 0.5) is 22.0 Å². The third kappa shape index (κ3) is 7.75. The summed E-state index contributed by atoms with van der Waals surface area (Å²) in [6.07, 6.45) is -0.114. The van der Waals surface area contributed by atoms with Gasteiger partial charge in [-0.2, -0.15) is 18.3 Å². The number of benzene rings is 1. The second-order valence-corrected chi connectivity index (χ2v) is 11.2. The average molecular weight is 605 g/mol. The standard InChI is InChI=1S/C30H33F5N6O2/c31-29(32)13-6-15-40(19-29)16-12-21(17-27(42)37-20-7-5-8-20)38-28(43)24-18-25(41(39-24)26-11-3-4-14-36-26)22-9-1-2-10-23(22)30(33,34)35/h1-4,9-11,14,18,20-21H,5-8,12-13,15-17,19H2,(H,37,42)(H,38,43). The second kappa shape index (κ2) is 12.8. The van der Waals surface area contributed by atoms with Crippen LogP contribution in [0, 0.1) is 0 Å². The first-order chi connectivity index (χ1) is 20.5. The number of carbonyl (C=O) groups excluding carboxylic acids is 2. The fraction of sp³-hybridized carbons (Fsp3) is 0.467. The van der Waals surface area contributed by atoms with E-state index in [2.05, 4.69) is 20.7 Å². The van der Waals surface area contributed by atoms with E-state index < -0.39 is 36.2 Å². The quantitative estimate of drug-likeness (QED) is 0.309. The summed E-state index contributed by atoms with van der Waals surface area (Å²) >= 11 is 0. The number of piperidine rings is 1. The van der Waals surface area contributed by atoms with Gasteiger partial charge >= 0.3 is 6.18 Å². The predicted octanol–water partition coefficient (Wildman–Crippen LogP) is 5.23. The Morgan fingerprint density at radius 1 is 1.07 bits per heavy atom. The van der Waals surface area contributed by atoms with Crippen molar-refractivity contribution in [1.29, 1.82) is 0 Å². The van der Waals surface area contributed by atoms with Crippen LogP contribution in [0.5, 0.6) is 0 Å². The average Bonchev–Trinajstić information content (AvgIpc) is 3.39. The summed E-state index contributed by atoms with van der Waals surface area (Å²) in [6.45, 7) is 0.337. The van der Waals surface area contributed by atoms with Crippen molar-refractivity contribution in [3.05, 3.63) is 66.0 Å². The lowest BCUT2D eigenvalue weighted by Gasteiger charge is -2.33. The van der Waals surface area contributed by atoms with Gasteiger partial charge in [-0.3, -0.25) is 14.5 Å². The summed E-state index contributed by atoms with van der Waals surface area (Å²) in [5.74, 6) is -3.56. The van der Waals surface area contributed by atoms with Crippen LogP contribution in [0.15, 0.2) is 54.7 Å². The Kier molecular flexibility index (Phi) is 9.09. The minimum atomic E-state index is -4.66. The first-order valence-corrected chi connectivity index (χ1v) is 14.4. The zero-order valence-electron chi connectivity index (χ0n) is 23.4. The van der Waals surface area contributed by atoms with Gasteiger partial charge in [0.2, 0.25) is 5.91 Å². The summed E-state index contributed by atoms with van der Waals surface area (Å²) in [5.41, 5.74) is -1.25. The number of amides is 2. The molecule has 2 fully saturated rings. The Morgan fingerprint density at radius 2 is 1.84 bits per heavy atom. The lowest BCUT2D eigenvalue weighted by molar-refractivity contribution is -0.137. The van der Waals surface area contributed by atoms with Crippen molar-refractivity contribution >= 4 is 11.8 Å². The van der Waals surface area contributed by atoms with Crippen molar-refractivity contribution in [2.45, 2.75) is 69.1 Å². The lowest BCUT2D eigenvalue weighted by atomic mass is 9.93. The first kappa shape index (κ1) is 30.6. The number of nitrogens with zero attached hydrogens (tertiary/aromatic N) is 4. The fourth-order valence-corrected chi connectivity index (χ4v) is 5.41. The highest BCUT2D eigenvalue weighted by molar-refractivity contribution is 5.94. The van der Waals surface area contributed by atoms with Crippen molar-refractivity contribution in [2.24, 2.45) is 0 Å². The number of rotatable bonds is 10. The maximum absolute atomic E-state index is 14.0. The molecular formula is C30H33F5N6O2. The molecule has 13 heteroatoms. The molecular weight excluding hydrogens is 571 g/mol. The maximum Gasteiger partial charge on any atom is 0.417 e. The molecule has 0 radical (unpaired) electrons. The van der Waals surface area contributed by atoms with Gasteiger partial charge in [-0.25, -0.2) is 18.4 Å². The van der Waals surface area contributed by atoms with E-state index in [1.54, 1.807) is 23.1 Å². The molecule has 2 N–H and O–H groups in total. The summed E-state index contributed by atoms with van der Waals surface area (Å²) in [7, 11) is 0. The molecule has 43 heavy (non-hydrogen) atoms. The van der Waals surface area contributed by atoms with Gasteiger partial charge in [-0.15, -0.1) is 0 Å². The van der Waals surface area contributed by atoms with E-state index in [0.29, 0.717) is 13.0 Å². The van der Waals surface area contributed by atoms with Crippen molar-refractivity contribution < 1.29 is 31.5 Å². The topological polar surface area (TPSA) is 92.2 Å². The van der Waals surface area contributed by atoms with E-state index >= 15 is 0 Å². The Hall–Kier alpha value is -3.87. The molecule has 3 heterocycles. The summed E-state index contributed by atoms with van der Waals surface area (Å²) in [4.78, 5) is 32.1. The van der Waals surface area contributed by atoms with Crippen LogP contribution in [0.3, 0.4) is 0 Å². The fourth-order valence-electron chi connectivity index (χ4n) is 5.41. The number of carbonyl (C=O) groups is 2. The van der Waals surface area contributed by atoms with Crippen LogP contribution in [0.2, 0.25) is 0 Å². The Bertz CT molecular complexity index is 1420. The zero-order valence-corrected chi connectivity index (χ0v) is 23.4. The lowest BCUT2D eigenvalue weighted by Crippen LogP contribution is -2.47. The van der Waals surface area contributed by atoms with E-state index in [1.165, 1.54) is 35.1 Å². The Balaban J connectivity index is 1.40. The van der Waals surface area contributed by atoms with Crippen LogP contribution in [0.25, 0.3) is 17.1 Å². The van der Waals surface area contributed by atoms with Crippen LogP contribution in [0.1, 0.15) is 61.0 Å². The van der Waals surface area contributed by atoms with Crippen LogP contribution < -0.4 is 10.6 Å². The highest BCUT2D eigenvalue weighted by atomic mass is 19.4. The van der Waals surface area contributed by atoms with E-state index in [9.17, 15) is 31.5 Å². The Labute approximate surface area is 245 Å². The molecule has 8 nitrogen and oxygen atoms in total. The molecule has 1 aliphatic carbocycles. The minimum absolute atomic E-state index is 0.00611. The monoisotopic (exact) mass is 604 g/mol. The van der Waals surface area contributed by atoms with Crippen LogP contribution in [-0.2, 0) is 11.0 Å². The molecule has 0 spiro atoms. The maximum atomic E-state index is 14.0. The number of hydrogen-bond acceptors (Lipinski definition) is 5. The second-order valence-electron chi connectivity index (χ2n) is 11.2. The molecule has 230 valence electrons. The molecule has 1 atom stereocenters. The highest BCUT2D eigenvalue weighted by Gasteiger charge is 2.36. The van der Waals surface area contributed by atoms with Gasteiger partial charge in [0, 0.05) is 43.2 Å². The smallest absolute Gasteiger partial charge is 0.353 e. The minimum Gasteiger partial charge on any atom is -0.353 e. The highest BCUT2D eigenvalue weighted by Crippen LogP contribution is 2.37. The van der Waals surface area contributed by atoms with Crippen molar-refractivity contribution in [3.63, 3.8) is 0 Å². The number of hydrogen-bond donors (Lipinski definition) is 2. The van der Waals surface area contributed by atoms with Gasteiger partial charge in [-0.1, -0.05) is 24.3 Å². The molecule has 1 aliphatic heterocycles. The molecule has 2 aromatic heterocycles. The first-order valence-electron chi connectivity index (χ1n) is 14.4. The van der Waals surface area contributed by atoms with Gasteiger partial charge in [0.25, 0.3) is 11.8 Å². The van der Waals surface area contributed by atoms with Crippen molar-refractivity contribution in [1.82, 2.24) is 30.3 Å². The largest absolute Gasteiger partial charge is 0.417 e. The third-order valence-corrected chi connectivity index (χ3v) is 7.82. The number of alkyl halides is 5. The van der Waals surface area contributed by atoms with Gasteiger partial charge in [-0.05, 0) is 62.9 Å². The molecule has 1 unspecified atom stereocenters. The van der Waals surface area contributed by atoms with E-state index in [4.69, 9.17) is 0 Å². The molecule has 5 rings (SSSR count). The van der Waals surface area contributed by atoms with Crippen molar-refractivity contribution in [2.75, 3.05) is 19.6 Å². The van der Waals surface area contributed by atoms with Crippen molar-refractivity contribution in [3.8, 4) is 17.1 Å². The normalized spacial score (nSPS) is 18.1. The van der Waals surface area contributed by atoms with Gasteiger partial charge in [0.1, 0.15) is 0 Å². The molecule has 1 saturated heterocycles. The third-order valence-electron chi connectivity index (χ3n) is 7.82. The van der Waals surface area contributed by atoms with Gasteiger partial charge < -0.3 is 10.6 Å². The number of halogens is 5. The summed E-state index contributed by atoms with van der Waals surface area (Å²) < 4.78 is 70.9. The number of aromatic nitrogens is 3. The van der Waals surface area contributed by atoms with E-state index in [0.717, 1.165) is 25.3 Å². The molecule has 1 saturated carbocycles. The molecule has 2 amide bonds. The predicted molar refractivity (Wildman–Crippen MR) is 149 cm³/mol. The van der Waals surface area contributed by atoms with Crippen LogP contribution in [-0.4, -0.2) is 69.1 Å². The Morgan fingerprint density at radius 3 is 2.51 bits per heavy atom. The van der Waals surface area contributed by atoms with E-state index in [1.807, 2.05) is 0 Å². The molecule has 1 aromatic carbocycles. The molecule has 2 aliphatic rings. The van der Waals surface area contributed by atoms with E-state index in [-0.39, 0.29) is 60.5 Å². The van der Waals surface area contributed by atoms with Gasteiger partial charge in [0.15, 0.2) is 11.5 Å². The number of pyridine rings is 1. The number of likely N-dealkylation sites (tertiary alicyclic amines) is 1. The number of nitrogens with one attached hydrogen (secondary N) is 2. The summed E-state index contributed by atoms with van der Waals surface area (Å²) in [5, 5.41) is 10.0. The summed E-state index contributed by atoms with van der Waals surface area (Å²) in [6, 6.07) is 10.4. The molecule has 3 aromatic rings. The van der Waals surface area contributed by atoms with Crippen LogP contribution >= 0.6 is 0 Å². The zero-order chi connectivity index (χ0) is 30.6. The molecule has 0 bridgehead atoms. The van der Waals surface area contributed by atoms with Gasteiger partial charge in [0.05, 0.1) is 17.8 Å².